The second-order valence-corrected chi connectivity index (χ2v) is 5.99. The molecule has 0 aromatic rings. The highest BCUT2D eigenvalue weighted by atomic mass is 16.6. The van der Waals surface area contributed by atoms with E-state index >= 15 is 0 Å². The van der Waals surface area contributed by atoms with Gasteiger partial charge in [-0.2, -0.15) is 0 Å². The zero-order valence-electron chi connectivity index (χ0n) is 13.7. The fourth-order valence-corrected chi connectivity index (χ4v) is 2.56. The molecule has 1 atom stereocenters. The average Bonchev–Trinajstić information content (AvgIpc) is 2.46. The Hall–Kier alpha value is -1.66. The van der Waals surface area contributed by atoms with E-state index in [4.69, 9.17) is 10.2 Å². The number of hydrogen-bond acceptors (Lipinski definition) is 4. The van der Waals surface area contributed by atoms with E-state index in [-0.39, 0.29) is 17.8 Å². The van der Waals surface area contributed by atoms with Crippen LogP contribution in [0.4, 0.5) is 0 Å². The highest BCUT2D eigenvalue weighted by Gasteiger charge is 2.19. The summed E-state index contributed by atoms with van der Waals surface area (Å²) in [5.74, 6) is -1.65. The van der Waals surface area contributed by atoms with Crippen molar-refractivity contribution in [2.24, 2.45) is 0 Å². The molecular formula is C16H29NO6. The number of carbonyl (C=O) groups is 2. The third kappa shape index (κ3) is 15.0. The number of rotatable bonds is 16. The first-order valence-corrected chi connectivity index (χ1v) is 8.50. The number of carboxylic acids is 2. The van der Waals surface area contributed by atoms with E-state index in [0.717, 1.165) is 51.4 Å². The van der Waals surface area contributed by atoms with E-state index in [2.05, 4.69) is 0 Å². The third-order valence-electron chi connectivity index (χ3n) is 3.90. The van der Waals surface area contributed by atoms with Crippen LogP contribution in [-0.2, 0) is 9.59 Å². The smallest absolute Gasteiger partial charge is 0.303 e. The van der Waals surface area contributed by atoms with Gasteiger partial charge in [0.2, 0.25) is 6.04 Å². The predicted molar refractivity (Wildman–Crippen MR) is 86.1 cm³/mol. The number of carboxylic acid groups (broad SMARTS) is 2. The Labute approximate surface area is 137 Å². The zero-order chi connectivity index (χ0) is 17.5. The predicted octanol–water partition coefficient (Wildman–Crippen LogP) is 3.87. The topological polar surface area (TPSA) is 118 Å². The molecule has 7 heteroatoms. The second-order valence-electron chi connectivity index (χ2n) is 5.99. The molecule has 0 aliphatic carbocycles. The molecule has 0 aliphatic rings. The normalized spacial score (nSPS) is 12.0. The van der Waals surface area contributed by atoms with Crippen molar-refractivity contribution in [3.8, 4) is 0 Å². The molecule has 0 aliphatic heterocycles. The highest BCUT2D eigenvalue weighted by molar-refractivity contribution is 5.66. The maximum Gasteiger partial charge on any atom is 0.303 e. The minimum atomic E-state index is -0.907. The van der Waals surface area contributed by atoms with Crippen molar-refractivity contribution in [1.29, 1.82) is 0 Å². The second kappa shape index (κ2) is 14.0. The van der Waals surface area contributed by atoms with Crippen molar-refractivity contribution in [2.45, 2.75) is 89.5 Å². The lowest BCUT2D eigenvalue weighted by Crippen LogP contribution is -2.19. The van der Waals surface area contributed by atoms with Crippen molar-refractivity contribution < 1.29 is 24.7 Å². The quantitative estimate of drug-likeness (QED) is 0.252. The summed E-state index contributed by atoms with van der Waals surface area (Å²) in [6.45, 7) is 0. The number of hydrogen-bond donors (Lipinski definition) is 2. The minimum absolute atomic E-state index is 0.00772. The lowest BCUT2D eigenvalue weighted by molar-refractivity contribution is -0.524. The Morgan fingerprint density at radius 2 is 1.13 bits per heavy atom. The molecule has 7 nitrogen and oxygen atoms in total. The molecule has 0 heterocycles. The molecule has 23 heavy (non-hydrogen) atoms. The van der Waals surface area contributed by atoms with Crippen LogP contribution in [0.2, 0.25) is 0 Å². The molecule has 0 aromatic carbocycles. The first kappa shape index (κ1) is 21.3. The maximum absolute atomic E-state index is 10.9. The Balaban J connectivity index is 3.50. The number of aliphatic carboxylic acids is 2. The van der Waals surface area contributed by atoms with Gasteiger partial charge in [-0.05, 0) is 19.3 Å². The molecule has 0 amide bonds. The monoisotopic (exact) mass is 331 g/mol. The van der Waals surface area contributed by atoms with Crippen LogP contribution >= 0.6 is 0 Å². The van der Waals surface area contributed by atoms with Crippen LogP contribution < -0.4 is 0 Å². The molecule has 0 rings (SSSR count). The fourth-order valence-electron chi connectivity index (χ4n) is 2.56. The van der Waals surface area contributed by atoms with Gasteiger partial charge in [0.25, 0.3) is 0 Å². The Morgan fingerprint density at radius 1 is 0.739 bits per heavy atom. The van der Waals surface area contributed by atoms with Crippen LogP contribution in [0.1, 0.15) is 83.5 Å². The van der Waals surface area contributed by atoms with Gasteiger partial charge in [-0.15, -0.1) is 0 Å². The number of nitrogens with zero attached hydrogens (tertiary/aromatic N) is 1. The van der Waals surface area contributed by atoms with Gasteiger partial charge in [0.1, 0.15) is 0 Å². The lowest BCUT2D eigenvalue weighted by Gasteiger charge is -2.08. The third-order valence-corrected chi connectivity index (χ3v) is 3.90. The Morgan fingerprint density at radius 3 is 1.61 bits per heavy atom. The van der Waals surface area contributed by atoms with Crippen LogP contribution in [0.3, 0.4) is 0 Å². The van der Waals surface area contributed by atoms with Gasteiger partial charge in [0.05, 0.1) is 0 Å². The summed E-state index contributed by atoms with van der Waals surface area (Å²) < 4.78 is 0. The molecule has 2 N–H and O–H groups in total. The first-order valence-electron chi connectivity index (χ1n) is 8.50. The maximum atomic E-state index is 10.9. The van der Waals surface area contributed by atoms with E-state index in [0.29, 0.717) is 19.3 Å². The lowest BCUT2D eigenvalue weighted by atomic mass is 10.0. The highest BCUT2D eigenvalue weighted by Crippen LogP contribution is 2.15. The fraction of sp³-hybridized carbons (Fsp3) is 0.875. The average molecular weight is 331 g/mol. The van der Waals surface area contributed by atoms with Gasteiger partial charge < -0.3 is 10.2 Å². The Kier molecular flexibility index (Phi) is 13.0. The zero-order valence-corrected chi connectivity index (χ0v) is 13.7. The standard InChI is InChI=1S/C16H29NO6/c18-15(19)12-8-6-4-2-1-3-5-7-10-14(17(22)23)11-9-13-16(20)21/h14H,1-13H2,(H,18,19)(H,20,21). The summed E-state index contributed by atoms with van der Waals surface area (Å²) >= 11 is 0. The van der Waals surface area contributed by atoms with E-state index in [1.807, 2.05) is 0 Å². The van der Waals surface area contributed by atoms with Gasteiger partial charge in [-0.3, -0.25) is 19.7 Å². The summed E-state index contributed by atoms with van der Waals surface area (Å²) in [6, 6.07) is -0.620. The molecule has 0 saturated heterocycles. The van der Waals surface area contributed by atoms with Crippen LogP contribution in [0, 0.1) is 10.1 Å². The summed E-state index contributed by atoms with van der Waals surface area (Å²) in [5, 5.41) is 28.0. The molecule has 0 spiro atoms. The minimum Gasteiger partial charge on any atom is -0.481 e. The van der Waals surface area contributed by atoms with Gasteiger partial charge in [-0.25, -0.2) is 0 Å². The van der Waals surface area contributed by atoms with Crippen molar-refractivity contribution in [1.82, 2.24) is 0 Å². The van der Waals surface area contributed by atoms with Crippen LogP contribution in [0.15, 0.2) is 0 Å². The first-order chi connectivity index (χ1) is 10.9. The molecule has 0 bridgehead atoms. The van der Waals surface area contributed by atoms with E-state index < -0.39 is 18.0 Å². The van der Waals surface area contributed by atoms with Crippen molar-refractivity contribution >= 4 is 11.9 Å². The molecular weight excluding hydrogens is 302 g/mol. The van der Waals surface area contributed by atoms with Crippen LogP contribution in [0.25, 0.3) is 0 Å². The summed E-state index contributed by atoms with van der Waals surface area (Å²) in [7, 11) is 0. The van der Waals surface area contributed by atoms with E-state index in [1.165, 1.54) is 0 Å². The van der Waals surface area contributed by atoms with E-state index in [9.17, 15) is 19.7 Å². The van der Waals surface area contributed by atoms with Crippen molar-refractivity contribution in [3.05, 3.63) is 10.1 Å². The summed E-state index contributed by atoms with van der Waals surface area (Å²) in [5.41, 5.74) is 0. The van der Waals surface area contributed by atoms with Crippen molar-refractivity contribution in [3.63, 3.8) is 0 Å². The summed E-state index contributed by atoms with van der Waals surface area (Å²) in [4.78, 5) is 31.4. The SMILES string of the molecule is O=C(O)CCCCCCCCCCC(CCCC(=O)O)[N+](=O)[O-]. The molecule has 0 fully saturated rings. The molecule has 1 unspecified atom stereocenters. The van der Waals surface area contributed by atoms with Crippen LogP contribution in [-0.4, -0.2) is 33.1 Å². The number of unbranched alkanes of at least 4 members (excludes halogenated alkanes) is 7. The van der Waals surface area contributed by atoms with Crippen LogP contribution in [0.5, 0.6) is 0 Å². The number of nitro groups is 1. The molecule has 0 aromatic heterocycles. The summed E-state index contributed by atoms with van der Waals surface area (Å²) in [6.07, 6.45) is 9.12. The van der Waals surface area contributed by atoms with Gasteiger partial charge >= 0.3 is 11.9 Å². The largest absolute Gasteiger partial charge is 0.481 e. The van der Waals surface area contributed by atoms with Gasteiger partial charge in [0.15, 0.2) is 0 Å². The van der Waals surface area contributed by atoms with Gasteiger partial charge in [0, 0.05) is 30.6 Å². The van der Waals surface area contributed by atoms with Gasteiger partial charge in [-0.1, -0.05) is 38.5 Å². The molecule has 0 saturated carbocycles. The molecule has 134 valence electrons. The Bertz CT molecular complexity index is 358. The van der Waals surface area contributed by atoms with Crippen molar-refractivity contribution in [2.75, 3.05) is 0 Å². The molecule has 0 radical (unpaired) electrons. The van der Waals surface area contributed by atoms with E-state index in [1.54, 1.807) is 0 Å².